The second-order valence-corrected chi connectivity index (χ2v) is 7.53. The minimum atomic E-state index is -0.358. The second-order valence-electron chi connectivity index (χ2n) is 7.53. The molecule has 0 radical (unpaired) electrons. The largest absolute Gasteiger partial charge is 0.476 e. The molecular weight excluding hydrogens is 460 g/mol. The smallest absolute Gasteiger partial charge is 0.270 e. The number of carbonyl (C=O) groups excluding carboxylic acids is 2. The lowest BCUT2D eigenvalue weighted by atomic mass is 10.3. The van der Waals surface area contributed by atoms with E-state index in [0.29, 0.717) is 43.2 Å². The first-order valence-electron chi connectivity index (χ1n) is 10.7. The Kier molecular flexibility index (Phi) is 7.42. The average Bonchev–Trinajstić information content (AvgIpc) is 2.87. The normalized spacial score (nSPS) is 13.5. The van der Waals surface area contributed by atoms with Gasteiger partial charge in [-0.15, -0.1) is 0 Å². The van der Waals surface area contributed by atoms with Crippen molar-refractivity contribution in [3.05, 3.63) is 34.9 Å². The summed E-state index contributed by atoms with van der Waals surface area (Å²) in [5.41, 5.74) is 0.782. The second kappa shape index (κ2) is 10.8. The molecule has 0 aromatic carbocycles. The number of amides is 2. The number of carbonyl (C=O) groups is 2. The molecule has 2 amide bonds. The van der Waals surface area contributed by atoms with Crippen molar-refractivity contribution >= 4 is 35.1 Å². The van der Waals surface area contributed by atoms with Gasteiger partial charge in [-0.25, -0.2) is 15.0 Å². The number of nitrogens with zero attached hydrogens (tertiary/aromatic N) is 6. The van der Waals surface area contributed by atoms with Crippen LogP contribution in [0.1, 0.15) is 0 Å². The first kappa shape index (κ1) is 24.0. The van der Waals surface area contributed by atoms with Crippen molar-refractivity contribution in [2.45, 2.75) is 6.10 Å². The van der Waals surface area contributed by atoms with E-state index < -0.39 is 0 Å². The Morgan fingerprint density at radius 1 is 1.29 bits per heavy atom. The number of methoxy groups -OCH3 is 1. The molecule has 0 fully saturated rings. The summed E-state index contributed by atoms with van der Waals surface area (Å²) in [6, 6.07) is 3.42. The van der Waals surface area contributed by atoms with Crippen LogP contribution in [0.5, 0.6) is 11.8 Å². The number of nitrogens with one attached hydrogen (secondary N) is 2. The van der Waals surface area contributed by atoms with E-state index >= 15 is 0 Å². The Bertz CT molecular complexity index is 1280. The SMILES string of the molecule is COC(CNCCOc1ccc2ncc(=O)n(C)c2n1)CN(C=O)c1cnc2c(n1)NC(=O)CO2. The van der Waals surface area contributed by atoms with Crippen LogP contribution in [0.2, 0.25) is 0 Å². The molecule has 0 bridgehead atoms. The van der Waals surface area contributed by atoms with Gasteiger partial charge in [-0.1, -0.05) is 0 Å². The van der Waals surface area contributed by atoms with Crippen molar-refractivity contribution in [1.29, 1.82) is 0 Å². The van der Waals surface area contributed by atoms with E-state index in [-0.39, 0.29) is 48.2 Å². The van der Waals surface area contributed by atoms with Crippen LogP contribution < -0.4 is 30.6 Å². The van der Waals surface area contributed by atoms with Crippen molar-refractivity contribution in [2.24, 2.45) is 7.05 Å². The van der Waals surface area contributed by atoms with Crippen LogP contribution in [0.3, 0.4) is 0 Å². The zero-order valence-electron chi connectivity index (χ0n) is 19.1. The molecule has 0 spiro atoms. The van der Waals surface area contributed by atoms with Gasteiger partial charge in [0.05, 0.1) is 25.0 Å². The molecule has 4 rings (SSSR count). The van der Waals surface area contributed by atoms with Gasteiger partial charge in [0, 0.05) is 33.3 Å². The van der Waals surface area contributed by atoms with Crippen LogP contribution >= 0.6 is 0 Å². The predicted octanol–water partition coefficient (Wildman–Crippen LogP) is -0.904. The minimum Gasteiger partial charge on any atom is -0.476 e. The highest BCUT2D eigenvalue weighted by atomic mass is 16.5. The van der Waals surface area contributed by atoms with Crippen LogP contribution in [0.15, 0.2) is 29.3 Å². The third-order valence-corrected chi connectivity index (χ3v) is 5.17. The zero-order chi connectivity index (χ0) is 24.8. The third-order valence-electron chi connectivity index (χ3n) is 5.17. The summed E-state index contributed by atoms with van der Waals surface area (Å²) >= 11 is 0. The van der Waals surface area contributed by atoms with Crippen LogP contribution in [-0.2, 0) is 21.4 Å². The van der Waals surface area contributed by atoms with Gasteiger partial charge < -0.3 is 24.8 Å². The fourth-order valence-corrected chi connectivity index (χ4v) is 3.29. The van der Waals surface area contributed by atoms with Crippen molar-refractivity contribution < 1.29 is 23.8 Å². The van der Waals surface area contributed by atoms with Crippen LogP contribution in [0.25, 0.3) is 11.2 Å². The molecule has 3 aromatic rings. The average molecular weight is 484 g/mol. The van der Waals surface area contributed by atoms with Crippen molar-refractivity contribution in [1.82, 2.24) is 29.8 Å². The van der Waals surface area contributed by atoms with E-state index in [9.17, 15) is 14.4 Å². The van der Waals surface area contributed by atoms with E-state index in [1.54, 1.807) is 19.2 Å². The topological polar surface area (TPSA) is 163 Å². The van der Waals surface area contributed by atoms with E-state index in [1.165, 1.54) is 29.0 Å². The summed E-state index contributed by atoms with van der Waals surface area (Å²) in [5.74, 6) is 0.639. The molecule has 4 heterocycles. The monoisotopic (exact) mass is 484 g/mol. The van der Waals surface area contributed by atoms with Crippen molar-refractivity contribution in [3.63, 3.8) is 0 Å². The first-order chi connectivity index (χ1) is 17.0. The molecule has 14 nitrogen and oxygen atoms in total. The lowest BCUT2D eigenvalue weighted by Gasteiger charge is -2.24. The maximum Gasteiger partial charge on any atom is 0.270 e. The highest BCUT2D eigenvalue weighted by molar-refractivity contribution is 5.94. The molecule has 0 saturated heterocycles. The van der Waals surface area contributed by atoms with Crippen LogP contribution in [0.4, 0.5) is 11.6 Å². The zero-order valence-corrected chi connectivity index (χ0v) is 19.1. The van der Waals surface area contributed by atoms with Gasteiger partial charge >= 0.3 is 0 Å². The molecule has 1 aliphatic heterocycles. The van der Waals surface area contributed by atoms with E-state index in [0.717, 1.165) is 0 Å². The summed E-state index contributed by atoms with van der Waals surface area (Å²) in [5, 5.41) is 5.76. The van der Waals surface area contributed by atoms with E-state index in [2.05, 4.69) is 30.6 Å². The summed E-state index contributed by atoms with van der Waals surface area (Å²) in [4.78, 5) is 53.0. The van der Waals surface area contributed by atoms with Gasteiger partial charge in [-0.2, -0.15) is 4.98 Å². The number of fused-ring (bicyclic) bond motifs is 2. The van der Waals surface area contributed by atoms with Crippen molar-refractivity contribution in [2.75, 3.05) is 50.2 Å². The molecule has 0 aliphatic carbocycles. The van der Waals surface area contributed by atoms with Crippen LogP contribution in [-0.4, -0.2) is 82.9 Å². The number of aryl methyl sites for hydroxylation is 1. The number of pyridine rings is 1. The van der Waals surface area contributed by atoms with Crippen LogP contribution in [0, 0.1) is 0 Å². The van der Waals surface area contributed by atoms with Gasteiger partial charge in [0.2, 0.25) is 12.3 Å². The quantitative estimate of drug-likeness (QED) is 0.256. The number of anilines is 2. The number of rotatable bonds is 11. The summed E-state index contributed by atoms with van der Waals surface area (Å²) < 4.78 is 17.7. The minimum absolute atomic E-state index is 0.132. The molecule has 0 saturated carbocycles. The lowest BCUT2D eigenvalue weighted by Crippen LogP contribution is -2.40. The third kappa shape index (κ3) is 5.67. The maximum absolute atomic E-state index is 11.7. The van der Waals surface area contributed by atoms with Gasteiger partial charge in [0.25, 0.3) is 17.3 Å². The number of ether oxygens (including phenoxy) is 3. The Hall–Kier alpha value is -4.17. The van der Waals surface area contributed by atoms with Gasteiger partial charge in [-0.05, 0) is 6.07 Å². The van der Waals surface area contributed by atoms with E-state index in [4.69, 9.17) is 14.2 Å². The summed E-state index contributed by atoms with van der Waals surface area (Å²) in [6.07, 6.45) is 2.89. The molecule has 184 valence electrons. The molecular formula is C21H24N8O6. The Labute approximate surface area is 199 Å². The summed E-state index contributed by atoms with van der Waals surface area (Å²) in [6.45, 7) is 1.29. The first-order valence-corrected chi connectivity index (χ1v) is 10.7. The standard InChI is InChI=1S/C21H24N8O6/c1-28-18(32)9-23-14-3-4-17(27-20(14)28)34-6-5-22-7-13(33-2)10-29(12-30)15-8-24-21-19(25-15)26-16(31)11-35-21/h3-4,8-9,12-13,22H,5-7,10-11H2,1-2H3,(H,25,26,31). The van der Waals surface area contributed by atoms with Gasteiger partial charge in [-0.3, -0.25) is 23.9 Å². The fourth-order valence-electron chi connectivity index (χ4n) is 3.29. The number of hydrogen-bond donors (Lipinski definition) is 2. The predicted molar refractivity (Wildman–Crippen MR) is 124 cm³/mol. The number of aromatic nitrogens is 5. The molecule has 1 atom stereocenters. The van der Waals surface area contributed by atoms with Gasteiger partial charge in [0.15, 0.2) is 23.9 Å². The van der Waals surface area contributed by atoms with E-state index in [1.807, 2.05) is 0 Å². The number of hydrogen-bond acceptors (Lipinski definition) is 11. The Balaban J connectivity index is 1.27. The maximum atomic E-state index is 11.7. The Morgan fingerprint density at radius 3 is 2.94 bits per heavy atom. The fraction of sp³-hybridized carbons (Fsp3) is 0.381. The summed E-state index contributed by atoms with van der Waals surface area (Å²) in [7, 11) is 3.16. The molecule has 1 aliphatic rings. The highest BCUT2D eigenvalue weighted by Gasteiger charge is 2.22. The molecule has 1 unspecified atom stereocenters. The Morgan fingerprint density at radius 2 is 2.14 bits per heavy atom. The van der Waals surface area contributed by atoms with Gasteiger partial charge in [0.1, 0.15) is 12.1 Å². The highest BCUT2D eigenvalue weighted by Crippen LogP contribution is 2.25. The lowest BCUT2D eigenvalue weighted by molar-refractivity contribution is -0.118. The molecule has 14 heteroatoms. The molecule has 2 N–H and O–H groups in total. The molecule has 35 heavy (non-hydrogen) atoms. The van der Waals surface area contributed by atoms with Crippen molar-refractivity contribution in [3.8, 4) is 11.8 Å². The molecule has 3 aromatic heterocycles.